The molecule has 0 radical (unpaired) electrons. The van der Waals surface area contributed by atoms with E-state index in [0.29, 0.717) is 13.0 Å². The third-order valence-electron chi connectivity index (χ3n) is 4.14. The Morgan fingerprint density at radius 1 is 1.50 bits per heavy atom. The van der Waals surface area contributed by atoms with Gasteiger partial charge in [-0.3, -0.25) is 4.79 Å². The van der Waals surface area contributed by atoms with Gasteiger partial charge in [0.25, 0.3) is 0 Å². The second-order valence-electron chi connectivity index (χ2n) is 5.79. The first-order valence-electron chi connectivity index (χ1n) is 7.42. The summed E-state index contributed by atoms with van der Waals surface area (Å²) >= 11 is 0. The van der Waals surface area contributed by atoms with Crippen LogP contribution in [0, 0.1) is 6.92 Å². The Balaban J connectivity index is 1.58. The number of aryl methyl sites for hydroxylation is 2. The Morgan fingerprint density at radius 3 is 3.20 bits per heavy atom. The zero-order valence-corrected chi connectivity index (χ0v) is 11.9. The van der Waals surface area contributed by atoms with Crippen LogP contribution in [0.5, 0.6) is 0 Å². The highest BCUT2D eigenvalue weighted by molar-refractivity contribution is 5.77. The summed E-state index contributed by atoms with van der Waals surface area (Å²) in [5, 5.41) is 6.48. The van der Waals surface area contributed by atoms with E-state index in [-0.39, 0.29) is 18.0 Å². The number of hydrogen-bond donors (Lipinski definition) is 2. The fourth-order valence-corrected chi connectivity index (χ4v) is 3.12. The minimum Gasteiger partial charge on any atom is -0.378 e. The standard InChI is InChI=1S/C16H22N2O2/c1-11-2-4-14-12(8-11)3-5-15(14)18-16(19)9-13-10-20-7-6-17-13/h2,4,8,13,15,17H,3,5-7,9-10H2,1H3,(H,18,19). The van der Waals surface area contributed by atoms with Crippen LogP contribution in [0.4, 0.5) is 0 Å². The average molecular weight is 274 g/mol. The third kappa shape index (κ3) is 3.02. The summed E-state index contributed by atoms with van der Waals surface area (Å²) in [6, 6.07) is 6.85. The molecule has 2 unspecified atom stereocenters. The highest BCUT2D eigenvalue weighted by Crippen LogP contribution is 2.31. The monoisotopic (exact) mass is 274 g/mol. The van der Waals surface area contributed by atoms with Crippen molar-refractivity contribution in [2.75, 3.05) is 19.8 Å². The smallest absolute Gasteiger partial charge is 0.222 e. The molecule has 0 spiro atoms. The number of hydrogen-bond acceptors (Lipinski definition) is 3. The van der Waals surface area contributed by atoms with Crippen molar-refractivity contribution in [3.05, 3.63) is 34.9 Å². The lowest BCUT2D eigenvalue weighted by molar-refractivity contribution is -0.123. The SMILES string of the molecule is Cc1ccc2c(c1)CCC2NC(=O)CC1COCCN1. The molecule has 1 aromatic carbocycles. The molecule has 1 heterocycles. The molecule has 2 N–H and O–H groups in total. The number of ether oxygens (including phenoxy) is 1. The molecule has 2 aliphatic rings. The minimum absolute atomic E-state index is 0.117. The lowest BCUT2D eigenvalue weighted by Crippen LogP contribution is -2.44. The fraction of sp³-hybridized carbons (Fsp3) is 0.562. The van der Waals surface area contributed by atoms with Gasteiger partial charge in [-0.25, -0.2) is 0 Å². The van der Waals surface area contributed by atoms with E-state index in [0.717, 1.165) is 26.0 Å². The molecule has 4 heteroatoms. The molecule has 2 atom stereocenters. The first kappa shape index (κ1) is 13.6. The van der Waals surface area contributed by atoms with Crippen molar-refractivity contribution in [1.29, 1.82) is 0 Å². The van der Waals surface area contributed by atoms with Gasteiger partial charge in [-0.15, -0.1) is 0 Å². The number of fused-ring (bicyclic) bond motifs is 1. The van der Waals surface area contributed by atoms with Crippen molar-refractivity contribution in [3.8, 4) is 0 Å². The van der Waals surface area contributed by atoms with Gasteiger partial charge in [0.2, 0.25) is 5.91 Å². The quantitative estimate of drug-likeness (QED) is 0.878. The maximum Gasteiger partial charge on any atom is 0.222 e. The molecule has 1 aliphatic heterocycles. The van der Waals surface area contributed by atoms with Crippen molar-refractivity contribution < 1.29 is 9.53 Å². The summed E-state index contributed by atoms with van der Waals surface area (Å²) in [4.78, 5) is 12.1. The molecule has 1 amide bonds. The average Bonchev–Trinajstić information content (AvgIpc) is 2.82. The second kappa shape index (κ2) is 5.94. The number of carbonyl (C=O) groups is 1. The molecule has 0 bridgehead atoms. The van der Waals surface area contributed by atoms with Crippen molar-refractivity contribution in [1.82, 2.24) is 10.6 Å². The first-order valence-corrected chi connectivity index (χ1v) is 7.42. The predicted octanol–water partition coefficient (Wildman–Crippen LogP) is 1.48. The highest BCUT2D eigenvalue weighted by atomic mass is 16.5. The van der Waals surface area contributed by atoms with Crippen molar-refractivity contribution >= 4 is 5.91 Å². The minimum atomic E-state index is 0.117. The Bertz CT molecular complexity index is 495. The molecule has 0 saturated carbocycles. The molecule has 1 fully saturated rings. The van der Waals surface area contributed by atoms with E-state index in [1.54, 1.807) is 0 Å². The van der Waals surface area contributed by atoms with Crippen LogP contribution in [-0.2, 0) is 16.0 Å². The van der Waals surface area contributed by atoms with Crippen LogP contribution in [-0.4, -0.2) is 31.7 Å². The molecule has 4 nitrogen and oxygen atoms in total. The lowest BCUT2D eigenvalue weighted by Gasteiger charge is -2.24. The predicted molar refractivity (Wildman–Crippen MR) is 77.6 cm³/mol. The zero-order chi connectivity index (χ0) is 13.9. The van der Waals surface area contributed by atoms with Crippen LogP contribution in [0.2, 0.25) is 0 Å². The van der Waals surface area contributed by atoms with Gasteiger partial charge in [0, 0.05) is 19.0 Å². The molecular formula is C16H22N2O2. The number of nitrogens with one attached hydrogen (secondary N) is 2. The molecular weight excluding hydrogens is 252 g/mol. The van der Waals surface area contributed by atoms with Crippen molar-refractivity contribution in [3.63, 3.8) is 0 Å². The summed E-state index contributed by atoms with van der Waals surface area (Å²) in [5.41, 5.74) is 3.96. The van der Waals surface area contributed by atoms with Gasteiger partial charge in [-0.05, 0) is 30.9 Å². The Morgan fingerprint density at radius 2 is 2.40 bits per heavy atom. The topological polar surface area (TPSA) is 50.4 Å². The Kier molecular flexibility index (Phi) is 4.03. The van der Waals surface area contributed by atoms with Crippen LogP contribution in [0.1, 0.15) is 35.6 Å². The van der Waals surface area contributed by atoms with Gasteiger partial charge in [0.15, 0.2) is 0 Å². The number of morpholine rings is 1. The molecule has 108 valence electrons. The summed E-state index contributed by atoms with van der Waals surface area (Å²) in [7, 11) is 0. The van der Waals surface area contributed by atoms with Crippen LogP contribution >= 0.6 is 0 Å². The summed E-state index contributed by atoms with van der Waals surface area (Å²) in [6.45, 7) is 4.33. The van der Waals surface area contributed by atoms with E-state index in [9.17, 15) is 4.79 Å². The van der Waals surface area contributed by atoms with E-state index in [4.69, 9.17) is 4.74 Å². The van der Waals surface area contributed by atoms with Gasteiger partial charge in [0.1, 0.15) is 0 Å². The van der Waals surface area contributed by atoms with Crippen LogP contribution < -0.4 is 10.6 Å². The summed E-state index contributed by atoms with van der Waals surface area (Å²) in [5.74, 6) is 0.117. The summed E-state index contributed by atoms with van der Waals surface area (Å²) < 4.78 is 5.38. The van der Waals surface area contributed by atoms with Crippen LogP contribution in [0.3, 0.4) is 0 Å². The molecule has 1 aliphatic carbocycles. The maximum absolute atomic E-state index is 12.1. The van der Waals surface area contributed by atoms with Gasteiger partial charge < -0.3 is 15.4 Å². The largest absolute Gasteiger partial charge is 0.378 e. The number of carbonyl (C=O) groups excluding carboxylic acids is 1. The maximum atomic E-state index is 12.1. The molecule has 1 saturated heterocycles. The molecule has 20 heavy (non-hydrogen) atoms. The normalized spacial score (nSPS) is 25.2. The van der Waals surface area contributed by atoms with Gasteiger partial charge >= 0.3 is 0 Å². The number of rotatable bonds is 3. The van der Waals surface area contributed by atoms with Crippen molar-refractivity contribution in [2.45, 2.75) is 38.3 Å². The Hall–Kier alpha value is -1.39. The zero-order valence-electron chi connectivity index (χ0n) is 11.9. The van der Waals surface area contributed by atoms with E-state index >= 15 is 0 Å². The lowest BCUT2D eigenvalue weighted by atomic mass is 10.1. The second-order valence-corrected chi connectivity index (χ2v) is 5.79. The highest BCUT2D eigenvalue weighted by Gasteiger charge is 2.25. The molecule has 1 aromatic rings. The van der Waals surface area contributed by atoms with E-state index < -0.39 is 0 Å². The van der Waals surface area contributed by atoms with Gasteiger partial charge in [0.05, 0.1) is 19.3 Å². The Labute approximate surface area is 119 Å². The van der Waals surface area contributed by atoms with Gasteiger partial charge in [-0.1, -0.05) is 23.8 Å². The van der Waals surface area contributed by atoms with Crippen LogP contribution in [0.15, 0.2) is 18.2 Å². The number of amides is 1. The number of benzene rings is 1. The van der Waals surface area contributed by atoms with E-state index in [2.05, 4.69) is 35.8 Å². The molecule has 3 rings (SSSR count). The van der Waals surface area contributed by atoms with E-state index in [1.807, 2.05) is 0 Å². The van der Waals surface area contributed by atoms with Crippen molar-refractivity contribution in [2.24, 2.45) is 0 Å². The first-order chi connectivity index (χ1) is 9.72. The van der Waals surface area contributed by atoms with E-state index in [1.165, 1.54) is 16.7 Å². The van der Waals surface area contributed by atoms with Gasteiger partial charge in [-0.2, -0.15) is 0 Å². The molecule has 0 aromatic heterocycles. The summed E-state index contributed by atoms with van der Waals surface area (Å²) in [6.07, 6.45) is 2.57. The third-order valence-corrected chi connectivity index (χ3v) is 4.14. The fourth-order valence-electron chi connectivity index (χ4n) is 3.12. The van der Waals surface area contributed by atoms with Crippen LogP contribution in [0.25, 0.3) is 0 Å².